The fourth-order valence-electron chi connectivity index (χ4n) is 3.02. The fraction of sp³-hybridized carbons (Fsp3) is 0.115. The first-order valence-corrected chi connectivity index (χ1v) is 10.3. The highest BCUT2D eigenvalue weighted by molar-refractivity contribution is 6.10. The van der Waals surface area contributed by atoms with Crippen molar-refractivity contribution in [3.63, 3.8) is 0 Å². The Morgan fingerprint density at radius 1 is 1.06 bits per heavy atom. The number of nitrogens with zero attached hydrogens (tertiary/aromatic N) is 1. The van der Waals surface area contributed by atoms with Crippen molar-refractivity contribution in [1.29, 1.82) is 5.26 Å². The lowest BCUT2D eigenvalue weighted by atomic mass is 10.1. The van der Waals surface area contributed by atoms with Crippen molar-refractivity contribution in [3.8, 4) is 17.6 Å². The van der Waals surface area contributed by atoms with Crippen molar-refractivity contribution in [1.82, 2.24) is 0 Å². The van der Waals surface area contributed by atoms with Gasteiger partial charge in [0.25, 0.3) is 5.91 Å². The molecule has 0 aromatic heterocycles. The Bertz CT molecular complexity index is 1280. The summed E-state index contributed by atoms with van der Waals surface area (Å²) in [5.74, 6) is -1.44. The van der Waals surface area contributed by atoms with E-state index in [-0.39, 0.29) is 29.2 Å². The number of nitriles is 1. The zero-order valence-corrected chi connectivity index (χ0v) is 18.2. The van der Waals surface area contributed by atoms with Gasteiger partial charge in [0, 0.05) is 11.3 Å². The van der Waals surface area contributed by atoms with E-state index in [1.807, 2.05) is 6.07 Å². The first kappa shape index (κ1) is 24.0. The molecular weight excluding hydrogens is 439 g/mol. The van der Waals surface area contributed by atoms with Gasteiger partial charge in [0.2, 0.25) is 0 Å². The quantitative estimate of drug-likeness (QED) is 0.342. The molecule has 0 saturated carbocycles. The van der Waals surface area contributed by atoms with Crippen LogP contribution in [0.5, 0.6) is 11.5 Å². The number of carbonyl (C=O) groups is 2. The summed E-state index contributed by atoms with van der Waals surface area (Å²) in [5.41, 5.74) is 0.964. The predicted molar refractivity (Wildman–Crippen MR) is 124 cm³/mol. The van der Waals surface area contributed by atoms with Crippen molar-refractivity contribution in [3.05, 3.63) is 94.8 Å². The van der Waals surface area contributed by atoms with Crippen LogP contribution < -0.4 is 14.8 Å². The third-order valence-electron chi connectivity index (χ3n) is 4.65. The van der Waals surface area contributed by atoms with Gasteiger partial charge < -0.3 is 19.9 Å². The topological polar surface area (TPSA) is 109 Å². The maximum atomic E-state index is 13.9. The summed E-state index contributed by atoms with van der Waals surface area (Å²) in [4.78, 5) is 23.7. The summed E-state index contributed by atoms with van der Waals surface area (Å²) >= 11 is 0. The Hall–Kier alpha value is -4.64. The average molecular weight is 460 g/mol. The van der Waals surface area contributed by atoms with Crippen molar-refractivity contribution < 1.29 is 28.6 Å². The number of rotatable bonds is 9. The van der Waals surface area contributed by atoms with E-state index < -0.39 is 11.9 Å². The van der Waals surface area contributed by atoms with Gasteiger partial charge in [-0.05, 0) is 55.0 Å². The highest BCUT2D eigenvalue weighted by atomic mass is 19.1. The Kier molecular flexibility index (Phi) is 7.97. The summed E-state index contributed by atoms with van der Waals surface area (Å²) in [5, 5.41) is 21.1. The van der Waals surface area contributed by atoms with Crippen LogP contribution in [0.1, 0.15) is 28.4 Å². The van der Waals surface area contributed by atoms with Crippen LogP contribution in [-0.2, 0) is 11.4 Å². The zero-order valence-electron chi connectivity index (χ0n) is 18.2. The number of hydrogen-bond acceptors (Lipinski definition) is 5. The number of hydrogen-bond donors (Lipinski definition) is 2. The maximum Gasteiger partial charge on any atom is 0.335 e. The Morgan fingerprint density at radius 2 is 1.85 bits per heavy atom. The molecule has 3 aromatic rings. The number of aromatic carboxylic acids is 1. The van der Waals surface area contributed by atoms with E-state index in [9.17, 15) is 19.2 Å². The van der Waals surface area contributed by atoms with Crippen LogP contribution in [0.15, 0.2) is 72.3 Å². The minimum Gasteiger partial charge on any atom is -0.490 e. The highest BCUT2D eigenvalue weighted by Crippen LogP contribution is 2.30. The molecule has 0 saturated heterocycles. The number of benzene rings is 3. The van der Waals surface area contributed by atoms with E-state index in [1.165, 1.54) is 36.4 Å². The maximum absolute atomic E-state index is 13.9. The molecule has 0 radical (unpaired) electrons. The van der Waals surface area contributed by atoms with Gasteiger partial charge in [-0.3, -0.25) is 4.79 Å². The molecule has 0 aliphatic rings. The normalized spacial score (nSPS) is 10.8. The van der Waals surface area contributed by atoms with Crippen LogP contribution in [0, 0.1) is 17.1 Å². The molecule has 0 aliphatic heterocycles. The molecule has 8 heteroatoms. The fourth-order valence-corrected chi connectivity index (χ4v) is 3.02. The lowest BCUT2D eigenvalue weighted by Crippen LogP contribution is -2.14. The van der Waals surface area contributed by atoms with E-state index in [4.69, 9.17) is 14.6 Å². The second-order valence-corrected chi connectivity index (χ2v) is 7.03. The van der Waals surface area contributed by atoms with Gasteiger partial charge in [-0.1, -0.05) is 30.3 Å². The molecule has 0 atom stereocenters. The second kappa shape index (κ2) is 11.3. The molecule has 3 rings (SSSR count). The van der Waals surface area contributed by atoms with E-state index >= 15 is 0 Å². The van der Waals surface area contributed by atoms with E-state index in [2.05, 4.69) is 5.32 Å². The Morgan fingerprint density at radius 3 is 2.56 bits per heavy atom. The predicted octanol–water partition coefficient (Wildman–Crippen LogP) is 5.05. The summed E-state index contributed by atoms with van der Waals surface area (Å²) < 4.78 is 25.2. The number of anilines is 1. The third kappa shape index (κ3) is 6.20. The first-order valence-electron chi connectivity index (χ1n) is 10.3. The minimum atomic E-state index is -1.13. The lowest BCUT2D eigenvalue weighted by molar-refractivity contribution is -0.112. The zero-order chi connectivity index (χ0) is 24.5. The standard InChI is InChI=1S/C26H21FN2O5/c1-2-33-24-13-17(10-11-23(24)34-16-19-6-3-4-9-22(19)27)12-20(15-28)25(30)29-21-8-5-7-18(14-21)26(31)32/h3-14H,2,16H2,1H3,(H,29,30)(H,31,32)/b20-12-. The van der Waals surface area contributed by atoms with E-state index in [1.54, 1.807) is 43.3 Å². The van der Waals surface area contributed by atoms with Gasteiger partial charge in [-0.25, -0.2) is 9.18 Å². The number of ether oxygens (including phenoxy) is 2. The molecule has 0 spiro atoms. The van der Waals surface area contributed by atoms with Crippen LogP contribution in [-0.4, -0.2) is 23.6 Å². The van der Waals surface area contributed by atoms with Gasteiger partial charge in [0.1, 0.15) is 24.1 Å². The van der Waals surface area contributed by atoms with Crippen molar-refractivity contribution in [2.75, 3.05) is 11.9 Å². The lowest BCUT2D eigenvalue weighted by Gasteiger charge is -2.13. The molecule has 0 bridgehead atoms. The van der Waals surface area contributed by atoms with Gasteiger partial charge >= 0.3 is 5.97 Å². The van der Waals surface area contributed by atoms with Crippen LogP contribution >= 0.6 is 0 Å². The highest BCUT2D eigenvalue weighted by Gasteiger charge is 2.13. The summed E-state index contributed by atoms with van der Waals surface area (Å²) in [6.07, 6.45) is 1.37. The Balaban J connectivity index is 1.79. The smallest absolute Gasteiger partial charge is 0.335 e. The largest absolute Gasteiger partial charge is 0.490 e. The number of halogens is 1. The number of carbonyl (C=O) groups excluding carboxylic acids is 1. The number of nitrogens with one attached hydrogen (secondary N) is 1. The molecular formula is C26H21FN2O5. The van der Waals surface area contributed by atoms with Crippen molar-refractivity contribution in [2.24, 2.45) is 0 Å². The summed E-state index contributed by atoms with van der Waals surface area (Å²) in [6, 6.07) is 18.7. The molecule has 1 amide bonds. The van der Waals surface area contributed by atoms with Crippen molar-refractivity contribution >= 4 is 23.6 Å². The molecule has 172 valence electrons. The van der Waals surface area contributed by atoms with Gasteiger partial charge in [-0.15, -0.1) is 0 Å². The third-order valence-corrected chi connectivity index (χ3v) is 4.65. The number of carboxylic acid groups (broad SMARTS) is 1. The average Bonchev–Trinajstić information content (AvgIpc) is 2.83. The van der Waals surface area contributed by atoms with E-state index in [0.717, 1.165) is 0 Å². The van der Waals surface area contributed by atoms with Crippen molar-refractivity contribution in [2.45, 2.75) is 13.5 Å². The second-order valence-electron chi connectivity index (χ2n) is 7.03. The summed E-state index contributed by atoms with van der Waals surface area (Å²) in [6.45, 7) is 2.14. The summed E-state index contributed by atoms with van der Waals surface area (Å²) in [7, 11) is 0. The molecule has 34 heavy (non-hydrogen) atoms. The molecule has 2 N–H and O–H groups in total. The van der Waals surface area contributed by atoms with E-state index in [0.29, 0.717) is 29.2 Å². The van der Waals surface area contributed by atoms with Crippen LogP contribution in [0.4, 0.5) is 10.1 Å². The Labute approximate surface area is 195 Å². The number of amides is 1. The SMILES string of the molecule is CCOc1cc(/C=C(/C#N)C(=O)Nc2cccc(C(=O)O)c2)ccc1OCc1ccccc1F. The molecule has 0 unspecified atom stereocenters. The first-order chi connectivity index (χ1) is 16.4. The van der Waals surface area contributed by atoms with Crippen LogP contribution in [0.3, 0.4) is 0 Å². The monoisotopic (exact) mass is 460 g/mol. The molecule has 7 nitrogen and oxygen atoms in total. The minimum absolute atomic E-state index is 0.00317. The molecule has 0 heterocycles. The number of carboxylic acids is 1. The molecule has 0 aliphatic carbocycles. The molecule has 3 aromatic carbocycles. The van der Waals surface area contributed by atoms with Gasteiger partial charge in [0.15, 0.2) is 11.5 Å². The molecule has 0 fully saturated rings. The van der Waals surface area contributed by atoms with Crippen LogP contribution in [0.25, 0.3) is 6.08 Å². The van der Waals surface area contributed by atoms with Gasteiger partial charge in [-0.2, -0.15) is 5.26 Å². The van der Waals surface area contributed by atoms with Crippen LogP contribution in [0.2, 0.25) is 0 Å². The van der Waals surface area contributed by atoms with Gasteiger partial charge in [0.05, 0.1) is 12.2 Å².